The number of carbonyl (C=O) groups excluding carboxylic acids is 2. The Hall–Kier alpha value is -2.96. The Morgan fingerprint density at radius 2 is 1.96 bits per heavy atom. The van der Waals surface area contributed by atoms with Crippen molar-refractivity contribution < 1.29 is 9.59 Å². The Balaban J connectivity index is 1.50. The van der Waals surface area contributed by atoms with Gasteiger partial charge in [0.15, 0.2) is 5.82 Å². The summed E-state index contributed by atoms with van der Waals surface area (Å²) in [6.07, 6.45) is 2.51. The molecule has 1 aliphatic rings. The molecule has 0 bridgehead atoms. The maximum atomic E-state index is 12.3. The van der Waals surface area contributed by atoms with E-state index in [4.69, 9.17) is 0 Å². The molecule has 0 spiro atoms. The molecule has 2 aromatic rings. The first kappa shape index (κ1) is 17.8. The number of nitrogens with zero attached hydrogens (tertiary/aromatic N) is 3. The van der Waals surface area contributed by atoms with Gasteiger partial charge in [-0.3, -0.25) is 9.59 Å². The summed E-state index contributed by atoms with van der Waals surface area (Å²) in [6, 6.07) is 10.8. The number of benzene rings is 1. The summed E-state index contributed by atoms with van der Waals surface area (Å²) >= 11 is 0. The van der Waals surface area contributed by atoms with Gasteiger partial charge in [0, 0.05) is 36.6 Å². The maximum Gasteiger partial charge on any atom is 0.251 e. The molecule has 1 aromatic heterocycles. The highest BCUT2D eigenvalue weighted by Gasteiger charge is 2.33. The van der Waals surface area contributed by atoms with Gasteiger partial charge in [-0.15, -0.1) is 5.10 Å². The fourth-order valence-electron chi connectivity index (χ4n) is 2.65. The third-order valence-electron chi connectivity index (χ3n) is 4.54. The zero-order chi connectivity index (χ0) is 18.5. The number of amides is 2. The van der Waals surface area contributed by atoms with E-state index in [0.29, 0.717) is 24.3 Å². The van der Waals surface area contributed by atoms with Crippen LogP contribution < -0.4 is 15.5 Å². The molecule has 1 unspecified atom stereocenters. The second kappa shape index (κ2) is 7.95. The summed E-state index contributed by atoms with van der Waals surface area (Å²) in [7, 11) is 0. The van der Waals surface area contributed by atoms with Crippen LogP contribution in [0.2, 0.25) is 0 Å². The van der Waals surface area contributed by atoms with E-state index >= 15 is 0 Å². The molecule has 0 aliphatic carbocycles. The van der Waals surface area contributed by atoms with E-state index in [1.54, 1.807) is 30.5 Å². The Bertz CT molecular complexity index is 757. The molecule has 1 aliphatic heterocycles. The van der Waals surface area contributed by atoms with Crippen molar-refractivity contribution in [3.8, 4) is 0 Å². The van der Waals surface area contributed by atoms with Gasteiger partial charge in [-0.1, -0.05) is 6.92 Å². The summed E-state index contributed by atoms with van der Waals surface area (Å²) in [5.74, 6) is 0.580. The van der Waals surface area contributed by atoms with Gasteiger partial charge < -0.3 is 15.5 Å². The minimum Gasteiger partial charge on any atom is -0.353 e. The molecule has 3 rings (SSSR count). The second-order valence-corrected chi connectivity index (χ2v) is 6.53. The lowest BCUT2D eigenvalue weighted by Gasteiger charge is -2.38. The van der Waals surface area contributed by atoms with Crippen LogP contribution in [0.1, 0.15) is 30.6 Å². The number of hydrogen-bond donors (Lipinski definition) is 2. The van der Waals surface area contributed by atoms with E-state index in [1.165, 1.54) is 0 Å². The van der Waals surface area contributed by atoms with E-state index in [0.717, 1.165) is 12.2 Å². The van der Waals surface area contributed by atoms with Crippen LogP contribution in [0.4, 0.5) is 11.5 Å². The maximum absolute atomic E-state index is 12.3. The molecule has 1 atom stereocenters. The van der Waals surface area contributed by atoms with Crippen LogP contribution in [0.25, 0.3) is 0 Å². The van der Waals surface area contributed by atoms with Gasteiger partial charge in [0.05, 0.1) is 5.92 Å². The first-order chi connectivity index (χ1) is 12.6. The highest BCUT2D eigenvalue weighted by molar-refractivity contribution is 5.97. The van der Waals surface area contributed by atoms with E-state index in [2.05, 4.69) is 20.8 Å². The fraction of sp³-hybridized carbons (Fsp3) is 0.368. The predicted octanol–water partition coefficient (Wildman–Crippen LogP) is 2.08. The van der Waals surface area contributed by atoms with E-state index in [9.17, 15) is 9.59 Å². The highest BCUT2D eigenvalue weighted by Crippen LogP contribution is 2.23. The Kier molecular flexibility index (Phi) is 5.46. The Labute approximate surface area is 152 Å². The van der Waals surface area contributed by atoms with Crippen LogP contribution in [0.5, 0.6) is 0 Å². The fourth-order valence-corrected chi connectivity index (χ4v) is 2.65. The first-order valence-corrected chi connectivity index (χ1v) is 8.81. The molecule has 0 radical (unpaired) electrons. The van der Waals surface area contributed by atoms with Crippen LogP contribution >= 0.6 is 0 Å². The zero-order valence-electron chi connectivity index (χ0n) is 15.0. The Morgan fingerprint density at radius 1 is 1.23 bits per heavy atom. The number of carbonyl (C=O) groups is 2. The number of hydrogen-bond acceptors (Lipinski definition) is 5. The molecular weight excluding hydrogens is 330 g/mol. The minimum atomic E-state index is -0.101. The van der Waals surface area contributed by atoms with Gasteiger partial charge in [-0.2, -0.15) is 5.10 Å². The van der Waals surface area contributed by atoms with Crippen LogP contribution in [-0.4, -0.2) is 41.1 Å². The van der Waals surface area contributed by atoms with Crippen molar-refractivity contribution in [1.29, 1.82) is 0 Å². The number of aromatic nitrogens is 2. The largest absolute Gasteiger partial charge is 0.353 e. The van der Waals surface area contributed by atoms with Crippen LogP contribution in [-0.2, 0) is 4.79 Å². The summed E-state index contributed by atoms with van der Waals surface area (Å²) in [6.45, 7) is 5.24. The molecule has 1 aromatic carbocycles. The van der Waals surface area contributed by atoms with Crippen molar-refractivity contribution in [1.82, 2.24) is 15.5 Å². The van der Waals surface area contributed by atoms with Gasteiger partial charge in [0.25, 0.3) is 5.91 Å². The first-order valence-electron chi connectivity index (χ1n) is 8.81. The lowest BCUT2D eigenvalue weighted by molar-refractivity contribution is -0.120. The zero-order valence-corrected chi connectivity index (χ0v) is 15.0. The van der Waals surface area contributed by atoms with Crippen LogP contribution in [0.15, 0.2) is 42.6 Å². The Morgan fingerprint density at radius 3 is 2.58 bits per heavy atom. The molecule has 7 nitrogen and oxygen atoms in total. The normalized spacial score (nSPS) is 15.1. The smallest absolute Gasteiger partial charge is 0.251 e. The molecule has 2 heterocycles. The van der Waals surface area contributed by atoms with E-state index in [-0.39, 0.29) is 23.8 Å². The third kappa shape index (κ3) is 4.17. The average molecular weight is 353 g/mol. The number of nitrogens with one attached hydrogen (secondary N) is 2. The third-order valence-corrected chi connectivity index (χ3v) is 4.54. The molecule has 0 saturated carbocycles. The molecule has 1 fully saturated rings. The van der Waals surface area contributed by atoms with Gasteiger partial charge in [0.1, 0.15) is 0 Å². The molecule has 1 saturated heterocycles. The SMILES string of the molecule is CCC(C)NC(=O)c1ccc(NC(=O)C2CN(c3cccnn3)C2)cc1. The number of rotatable bonds is 6. The molecule has 2 N–H and O–H groups in total. The predicted molar refractivity (Wildman–Crippen MR) is 100 cm³/mol. The molecule has 26 heavy (non-hydrogen) atoms. The monoisotopic (exact) mass is 353 g/mol. The van der Waals surface area contributed by atoms with Gasteiger partial charge in [-0.25, -0.2) is 0 Å². The van der Waals surface area contributed by atoms with E-state index < -0.39 is 0 Å². The van der Waals surface area contributed by atoms with Gasteiger partial charge in [0.2, 0.25) is 5.91 Å². The lowest BCUT2D eigenvalue weighted by Crippen LogP contribution is -2.52. The highest BCUT2D eigenvalue weighted by atomic mass is 16.2. The standard InChI is InChI=1S/C19H23N5O2/c1-3-13(2)21-18(25)14-6-8-16(9-7-14)22-19(26)15-11-24(12-15)17-5-4-10-20-23-17/h4-10,13,15H,3,11-12H2,1-2H3,(H,21,25)(H,22,26). The van der Waals surface area contributed by atoms with Crippen molar-refractivity contribution in [3.05, 3.63) is 48.2 Å². The van der Waals surface area contributed by atoms with Crippen LogP contribution in [0, 0.1) is 5.92 Å². The molecule has 7 heteroatoms. The molecular formula is C19H23N5O2. The average Bonchev–Trinajstić information content (AvgIpc) is 2.61. The minimum absolute atomic E-state index is 0.0260. The van der Waals surface area contributed by atoms with Crippen molar-refractivity contribution in [2.75, 3.05) is 23.3 Å². The summed E-state index contributed by atoms with van der Waals surface area (Å²) in [4.78, 5) is 26.4. The van der Waals surface area contributed by atoms with Crippen molar-refractivity contribution in [2.24, 2.45) is 5.92 Å². The van der Waals surface area contributed by atoms with Gasteiger partial charge in [-0.05, 0) is 49.7 Å². The summed E-state index contributed by atoms with van der Waals surface area (Å²) in [5.41, 5.74) is 1.27. The van der Waals surface area contributed by atoms with Crippen molar-refractivity contribution in [2.45, 2.75) is 26.3 Å². The number of anilines is 2. The van der Waals surface area contributed by atoms with Crippen LogP contribution in [0.3, 0.4) is 0 Å². The summed E-state index contributed by atoms with van der Waals surface area (Å²) < 4.78 is 0. The molecule has 2 amide bonds. The van der Waals surface area contributed by atoms with Crippen molar-refractivity contribution >= 4 is 23.3 Å². The van der Waals surface area contributed by atoms with Gasteiger partial charge >= 0.3 is 0 Å². The second-order valence-electron chi connectivity index (χ2n) is 6.53. The van der Waals surface area contributed by atoms with Crippen molar-refractivity contribution in [3.63, 3.8) is 0 Å². The quantitative estimate of drug-likeness (QED) is 0.830. The summed E-state index contributed by atoms with van der Waals surface area (Å²) in [5, 5.41) is 13.7. The van der Waals surface area contributed by atoms with E-state index in [1.807, 2.05) is 30.9 Å². The molecule has 136 valence electrons. The lowest BCUT2D eigenvalue weighted by atomic mass is 9.99. The topological polar surface area (TPSA) is 87.2 Å².